The first-order chi connectivity index (χ1) is 3.48. The van der Waals surface area contributed by atoms with Crippen LogP contribution in [0.25, 0.3) is 0 Å². The standard InChI is InChI=1S/C2H5ClO4S.Na.H/c3-1-2(4)8(5,6)7;;/h2,4H,1H2,(H,5,6,7);;. The van der Waals surface area contributed by atoms with E-state index in [2.05, 4.69) is 0 Å². The molecule has 4 nitrogen and oxygen atoms in total. The van der Waals surface area contributed by atoms with Gasteiger partial charge in [0.1, 0.15) is 0 Å². The van der Waals surface area contributed by atoms with E-state index in [1.165, 1.54) is 0 Å². The van der Waals surface area contributed by atoms with E-state index in [0.29, 0.717) is 0 Å². The van der Waals surface area contributed by atoms with Gasteiger partial charge in [0.15, 0.2) is 5.44 Å². The third-order valence-electron chi connectivity index (χ3n) is 0.476. The molecule has 0 amide bonds. The predicted molar refractivity (Wildman–Crippen MR) is 35.4 cm³/mol. The molecule has 0 fully saturated rings. The zero-order valence-electron chi connectivity index (χ0n) is 3.78. The molecule has 0 aliphatic heterocycles. The average Bonchev–Trinajstić information content (AvgIpc) is 1.62. The maximum atomic E-state index is 9.78. The number of hydrogen-bond donors (Lipinski definition) is 2. The number of hydrogen-bond acceptors (Lipinski definition) is 3. The molecule has 0 saturated heterocycles. The summed E-state index contributed by atoms with van der Waals surface area (Å²) in [5.74, 6) is -0.515. The summed E-state index contributed by atoms with van der Waals surface area (Å²) in [4.78, 5) is 0. The molecule has 0 aliphatic rings. The Morgan fingerprint density at radius 2 is 1.89 bits per heavy atom. The zero-order chi connectivity index (χ0) is 6.78. The van der Waals surface area contributed by atoms with Crippen LogP contribution in [0.3, 0.4) is 0 Å². The van der Waals surface area contributed by atoms with Crippen LogP contribution in [-0.4, -0.2) is 59.0 Å². The van der Waals surface area contributed by atoms with Crippen molar-refractivity contribution >= 4 is 51.3 Å². The van der Waals surface area contributed by atoms with Gasteiger partial charge in [-0.15, -0.1) is 11.6 Å². The molecule has 7 heteroatoms. The van der Waals surface area contributed by atoms with Gasteiger partial charge in [0, 0.05) is 0 Å². The van der Waals surface area contributed by atoms with Crippen LogP contribution < -0.4 is 0 Å². The second-order valence-electron chi connectivity index (χ2n) is 1.12. The molecule has 0 aromatic rings. The monoisotopic (exact) mass is 184 g/mol. The average molecular weight is 185 g/mol. The summed E-state index contributed by atoms with van der Waals surface area (Å²) >= 11 is 4.85. The third-order valence-corrected chi connectivity index (χ3v) is 1.81. The fraction of sp³-hybridized carbons (Fsp3) is 1.00. The Labute approximate surface area is 80.2 Å². The summed E-state index contributed by atoms with van der Waals surface area (Å²) in [6.45, 7) is 0. The Morgan fingerprint density at radius 1 is 1.56 bits per heavy atom. The van der Waals surface area contributed by atoms with E-state index in [-0.39, 0.29) is 29.6 Å². The number of aliphatic hydroxyl groups excluding tert-OH is 1. The molecule has 0 rings (SSSR count). The van der Waals surface area contributed by atoms with Crippen molar-refractivity contribution in [1.29, 1.82) is 0 Å². The topological polar surface area (TPSA) is 74.6 Å². The van der Waals surface area contributed by atoms with Crippen LogP contribution in [0.2, 0.25) is 0 Å². The summed E-state index contributed by atoms with van der Waals surface area (Å²) in [5, 5.41) is 8.22. The van der Waals surface area contributed by atoms with Crippen LogP contribution in [0, 0.1) is 0 Å². The molecule has 0 aliphatic carbocycles. The Morgan fingerprint density at radius 3 is 1.89 bits per heavy atom. The molecule has 0 saturated carbocycles. The van der Waals surface area contributed by atoms with E-state index in [1.54, 1.807) is 0 Å². The SMILES string of the molecule is O=S(=O)(O)C(O)CCl.[NaH]. The first-order valence-electron chi connectivity index (χ1n) is 1.69. The van der Waals surface area contributed by atoms with Gasteiger partial charge in [-0.25, -0.2) is 0 Å². The zero-order valence-corrected chi connectivity index (χ0v) is 5.35. The summed E-state index contributed by atoms with van der Waals surface area (Å²) < 4.78 is 27.5. The number of aliphatic hydroxyl groups is 1. The van der Waals surface area contributed by atoms with Gasteiger partial charge in [0.25, 0.3) is 10.1 Å². The maximum absolute atomic E-state index is 9.78. The van der Waals surface area contributed by atoms with E-state index in [4.69, 9.17) is 21.3 Å². The summed E-state index contributed by atoms with van der Waals surface area (Å²) in [6.07, 6.45) is 0. The molecule has 1 unspecified atom stereocenters. The van der Waals surface area contributed by atoms with Crippen molar-refractivity contribution in [2.45, 2.75) is 5.44 Å². The second kappa shape index (κ2) is 4.90. The van der Waals surface area contributed by atoms with Crippen LogP contribution >= 0.6 is 11.6 Å². The quantitative estimate of drug-likeness (QED) is 0.321. The predicted octanol–water partition coefficient (Wildman–Crippen LogP) is -1.22. The van der Waals surface area contributed by atoms with Crippen LogP contribution in [0.5, 0.6) is 0 Å². The van der Waals surface area contributed by atoms with E-state index in [0.717, 1.165) is 0 Å². The molecule has 1 atom stereocenters. The van der Waals surface area contributed by atoms with Crippen LogP contribution in [0.1, 0.15) is 0 Å². The fourth-order valence-electron chi connectivity index (χ4n) is 0.0796. The summed E-state index contributed by atoms with van der Waals surface area (Å²) in [7, 11) is -4.33. The van der Waals surface area contributed by atoms with Gasteiger partial charge in [-0.2, -0.15) is 8.42 Å². The van der Waals surface area contributed by atoms with Gasteiger partial charge in [-0.05, 0) is 0 Å². The van der Waals surface area contributed by atoms with Crippen LogP contribution in [-0.2, 0) is 10.1 Å². The molecule has 9 heavy (non-hydrogen) atoms. The number of rotatable bonds is 2. The van der Waals surface area contributed by atoms with Crippen LogP contribution in [0.4, 0.5) is 0 Å². The van der Waals surface area contributed by atoms with Crippen molar-refractivity contribution in [2.24, 2.45) is 0 Å². The molecule has 0 aromatic carbocycles. The van der Waals surface area contributed by atoms with E-state index in [9.17, 15) is 8.42 Å². The van der Waals surface area contributed by atoms with Gasteiger partial charge in [-0.3, -0.25) is 4.55 Å². The van der Waals surface area contributed by atoms with Gasteiger partial charge >= 0.3 is 29.6 Å². The van der Waals surface area contributed by atoms with Crippen molar-refractivity contribution in [3.05, 3.63) is 0 Å². The molecule has 0 radical (unpaired) electrons. The van der Waals surface area contributed by atoms with Crippen molar-refractivity contribution in [2.75, 3.05) is 5.88 Å². The van der Waals surface area contributed by atoms with Crippen LogP contribution in [0.15, 0.2) is 0 Å². The molecule has 0 heterocycles. The summed E-state index contributed by atoms with van der Waals surface area (Å²) in [6, 6.07) is 0. The molecule has 2 N–H and O–H groups in total. The fourth-order valence-corrected chi connectivity index (χ4v) is 0.716. The molecular weight excluding hydrogens is 179 g/mol. The van der Waals surface area contributed by atoms with E-state index in [1.807, 2.05) is 0 Å². The second-order valence-corrected chi connectivity index (χ2v) is 3.01. The number of alkyl halides is 1. The first-order valence-corrected chi connectivity index (χ1v) is 3.72. The molecule has 0 aromatic heterocycles. The summed E-state index contributed by atoms with van der Waals surface area (Å²) in [5.41, 5.74) is -1.86. The Bertz CT molecular complexity index is 154. The minimum atomic E-state index is -4.33. The van der Waals surface area contributed by atoms with Gasteiger partial charge in [0.2, 0.25) is 0 Å². The van der Waals surface area contributed by atoms with Crippen molar-refractivity contribution in [3.63, 3.8) is 0 Å². The van der Waals surface area contributed by atoms with Gasteiger partial charge < -0.3 is 5.11 Å². The van der Waals surface area contributed by atoms with E-state index < -0.39 is 21.4 Å². The van der Waals surface area contributed by atoms with Gasteiger partial charge in [-0.1, -0.05) is 0 Å². The normalized spacial score (nSPS) is 14.1. The minimum absolute atomic E-state index is 0. The Balaban J connectivity index is 0. The van der Waals surface area contributed by atoms with Crippen molar-refractivity contribution < 1.29 is 18.1 Å². The Hall–Kier alpha value is 1.16. The molecule has 0 spiro atoms. The molecule has 0 bridgehead atoms. The van der Waals surface area contributed by atoms with Gasteiger partial charge in [0.05, 0.1) is 5.88 Å². The van der Waals surface area contributed by atoms with E-state index >= 15 is 0 Å². The first kappa shape index (κ1) is 12.8. The Kier molecular flexibility index (Phi) is 6.97. The molecule has 52 valence electrons. The number of halogens is 1. The van der Waals surface area contributed by atoms with Crippen molar-refractivity contribution in [1.82, 2.24) is 0 Å². The third kappa shape index (κ3) is 5.60. The van der Waals surface area contributed by atoms with Crippen molar-refractivity contribution in [3.8, 4) is 0 Å². The molecular formula is C2H6ClNaO4S.